The van der Waals surface area contributed by atoms with Gasteiger partial charge in [-0.25, -0.2) is 0 Å². The SMILES string of the molecule is CCc1ccc(C)cc1-c1ccccc1. The molecule has 0 saturated carbocycles. The molecule has 2 aromatic carbocycles. The zero-order valence-corrected chi connectivity index (χ0v) is 9.33. The molecule has 0 atom stereocenters. The van der Waals surface area contributed by atoms with E-state index in [0.717, 1.165) is 6.42 Å². The molecule has 2 rings (SSSR count). The van der Waals surface area contributed by atoms with Crippen LogP contribution < -0.4 is 0 Å². The van der Waals surface area contributed by atoms with Crippen LogP contribution in [0, 0.1) is 6.92 Å². The number of aryl methyl sites for hydroxylation is 2. The molecule has 0 nitrogen and oxygen atoms in total. The lowest BCUT2D eigenvalue weighted by atomic mass is 9.96. The molecule has 0 heteroatoms. The second-order valence-corrected chi connectivity index (χ2v) is 3.88. The quantitative estimate of drug-likeness (QED) is 0.674. The third-order valence-corrected chi connectivity index (χ3v) is 2.73. The smallest absolute Gasteiger partial charge is 0.0149 e. The van der Waals surface area contributed by atoms with Crippen LogP contribution in [-0.2, 0) is 6.42 Å². The van der Waals surface area contributed by atoms with Gasteiger partial charge in [0.1, 0.15) is 0 Å². The summed E-state index contributed by atoms with van der Waals surface area (Å²) < 4.78 is 0. The van der Waals surface area contributed by atoms with Gasteiger partial charge in [0, 0.05) is 0 Å². The van der Waals surface area contributed by atoms with Crippen LogP contribution in [-0.4, -0.2) is 0 Å². The normalized spacial score (nSPS) is 10.3. The minimum Gasteiger partial charge on any atom is -0.0622 e. The number of hydrogen-bond acceptors (Lipinski definition) is 0. The van der Waals surface area contributed by atoms with Crippen molar-refractivity contribution in [2.24, 2.45) is 0 Å². The van der Waals surface area contributed by atoms with Crippen LogP contribution in [0.2, 0.25) is 0 Å². The van der Waals surface area contributed by atoms with Crippen molar-refractivity contribution < 1.29 is 0 Å². The van der Waals surface area contributed by atoms with E-state index in [9.17, 15) is 0 Å². The summed E-state index contributed by atoms with van der Waals surface area (Å²) in [6.45, 7) is 4.35. The minimum absolute atomic E-state index is 1.09. The van der Waals surface area contributed by atoms with E-state index in [0.29, 0.717) is 0 Å². The highest BCUT2D eigenvalue weighted by Gasteiger charge is 2.02. The Bertz CT molecular complexity index is 441. The summed E-state index contributed by atoms with van der Waals surface area (Å²) in [6, 6.07) is 17.3. The summed E-state index contributed by atoms with van der Waals surface area (Å²) in [5.74, 6) is 0. The molecule has 0 aliphatic heterocycles. The van der Waals surface area contributed by atoms with Gasteiger partial charge in [0.05, 0.1) is 0 Å². The van der Waals surface area contributed by atoms with Gasteiger partial charge in [0.15, 0.2) is 0 Å². The highest BCUT2D eigenvalue weighted by Crippen LogP contribution is 2.25. The maximum absolute atomic E-state index is 2.27. The van der Waals surface area contributed by atoms with Crippen LogP contribution in [0.4, 0.5) is 0 Å². The number of rotatable bonds is 2. The predicted molar refractivity (Wildman–Crippen MR) is 66.0 cm³/mol. The van der Waals surface area contributed by atoms with E-state index in [2.05, 4.69) is 62.4 Å². The first-order chi connectivity index (χ1) is 7.31. The van der Waals surface area contributed by atoms with Gasteiger partial charge in [-0.2, -0.15) is 0 Å². The maximum atomic E-state index is 2.27. The molecule has 0 heterocycles. The molecule has 0 aliphatic carbocycles. The fourth-order valence-corrected chi connectivity index (χ4v) is 1.89. The highest BCUT2D eigenvalue weighted by atomic mass is 14.1. The fourth-order valence-electron chi connectivity index (χ4n) is 1.89. The molecule has 0 unspecified atom stereocenters. The minimum atomic E-state index is 1.09. The topological polar surface area (TPSA) is 0 Å². The summed E-state index contributed by atoms with van der Waals surface area (Å²) in [5, 5.41) is 0. The van der Waals surface area contributed by atoms with E-state index in [4.69, 9.17) is 0 Å². The molecule has 0 fully saturated rings. The standard InChI is InChI=1S/C15H16/c1-3-13-10-9-12(2)11-15(13)14-7-5-4-6-8-14/h4-11H,3H2,1-2H3. The molecule has 15 heavy (non-hydrogen) atoms. The van der Waals surface area contributed by atoms with Gasteiger partial charge in [-0.05, 0) is 30.0 Å². The lowest BCUT2D eigenvalue weighted by Gasteiger charge is -2.09. The molecular weight excluding hydrogens is 180 g/mol. The van der Waals surface area contributed by atoms with Gasteiger partial charge in [-0.15, -0.1) is 0 Å². The first-order valence-corrected chi connectivity index (χ1v) is 5.46. The van der Waals surface area contributed by atoms with Gasteiger partial charge in [-0.1, -0.05) is 61.0 Å². The zero-order chi connectivity index (χ0) is 10.7. The average Bonchev–Trinajstić information content (AvgIpc) is 2.30. The van der Waals surface area contributed by atoms with Crippen LogP contribution in [0.3, 0.4) is 0 Å². The van der Waals surface area contributed by atoms with E-state index in [-0.39, 0.29) is 0 Å². The molecule has 0 saturated heterocycles. The van der Waals surface area contributed by atoms with Gasteiger partial charge in [-0.3, -0.25) is 0 Å². The first kappa shape index (κ1) is 9.97. The maximum Gasteiger partial charge on any atom is -0.0149 e. The molecule has 0 amide bonds. The zero-order valence-electron chi connectivity index (χ0n) is 9.33. The monoisotopic (exact) mass is 196 g/mol. The number of hydrogen-bond donors (Lipinski definition) is 0. The summed E-state index contributed by atoms with van der Waals surface area (Å²) in [5.41, 5.74) is 5.44. The van der Waals surface area contributed by atoms with Crippen molar-refractivity contribution in [3.63, 3.8) is 0 Å². The van der Waals surface area contributed by atoms with Crippen LogP contribution in [0.1, 0.15) is 18.1 Å². The van der Waals surface area contributed by atoms with E-state index < -0.39 is 0 Å². The third-order valence-electron chi connectivity index (χ3n) is 2.73. The molecular formula is C15H16. The Morgan fingerprint density at radius 3 is 2.33 bits per heavy atom. The Kier molecular flexibility index (Phi) is 2.86. The van der Waals surface area contributed by atoms with E-state index in [1.54, 1.807) is 0 Å². The lowest BCUT2D eigenvalue weighted by molar-refractivity contribution is 1.14. The summed E-state index contributed by atoms with van der Waals surface area (Å²) >= 11 is 0. The second-order valence-electron chi connectivity index (χ2n) is 3.88. The van der Waals surface area contributed by atoms with Crippen molar-refractivity contribution in [2.45, 2.75) is 20.3 Å². The summed E-state index contributed by atoms with van der Waals surface area (Å²) in [4.78, 5) is 0. The van der Waals surface area contributed by atoms with E-state index >= 15 is 0 Å². The van der Waals surface area contributed by atoms with E-state index in [1.807, 2.05) is 0 Å². The molecule has 0 N–H and O–H groups in total. The molecule has 76 valence electrons. The Balaban J connectivity index is 2.56. The van der Waals surface area contributed by atoms with Crippen molar-refractivity contribution in [1.82, 2.24) is 0 Å². The Morgan fingerprint density at radius 1 is 0.933 bits per heavy atom. The van der Waals surface area contributed by atoms with Crippen molar-refractivity contribution in [2.75, 3.05) is 0 Å². The average molecular weight is 196 g/mol. The van der Waals surface area contributed by atoms with Gasteiger partial charge in [0.2, 0.25) is 0 Å². The summed E-state index contributed by atoms with van der Waals surface area (Å²) in [7, 11) is 0. The Labute approximate surface area is 91.6 Å². The molecule has 0 radical (unpaired) electrons. The van der Waals surface area contributed by atoms with Crippen molar-refractivity contribution in [3.8, 4) is 11.1 Å². The highest BCUT2D eigenvalue weighted by molar-refractivity contribution is 5.68. The van der Waals surface area contributed by atoms with Crippen molar-refractivity contribution >= 4 is 0 Å². The molecule has 2 aromatic rings. The fraction of sp³-hybridized carbons (Fsp3) is 0.200. The van der Waals surface area contributed by atoms with Crippen LogP contribution >= 0.6 is 0 Å². The van der Waals surface area contributed by atoms with Crippen LogP contribution in [0.25, 0.3) is 11.1 Å². The third kappa shape index (κ3) is 2.10. The van der Waals surface area contributed by atoms with Crippen LogP contribution in [0.5, 0.6) is 0 Å². The largest absolute Gasteiger partial charge is 0.0622 e. The molecule has 0 spiro atoms. The van der Waals surface area contributed by atoms with Gasteiger partial charge >= 0.3 is 0 Å². The first-order valence-electron chi connectivity index (χ1n) is 5.46. The lowest BCUT2D eigenvalue weighted by Crippen LogP contribution is -1.88. The van der Waals surface area contributed by atoms with Crippen molar-refractivity contribution in [1.29, 1.82) is 0 Å². The van der Waals surface area contributed by atoms with Gasteiger partial charge in [0.25, 0.3) is 0 Å². The Morgan fingerprint density at radius 2 is 1.67 bits per heavy atom. The summed E-state index contributed by atoms with van der Waals surface area (Å²) in [6.07, 6.45) is 1.09. The molecule has 0 bridgehead atoms. The predicted octanol–water partition coefficient (Wildman–Crippen LogP) is 4.22. The number of benzene rings is 2. The second kappa shape index (κ2) is 4.31. The van der Waals surface area contributed by atoms with E-state index in [1.165, 1.54) is 22.3 Å². The Hall–Kier alpha value is -1.56. The van der Waals surface area contributed by atoms with Crippen LogP contribution in [0.15, 0.2) is 48.5 Å². The van der Waals surface area contributed by atoms with Gasteiger partial charge < -0.3 is 0 Å². The molecule has 0 aliphatic rings. The van der Waals surface area contributed by atoms with Crippen molar-refractivity contribution in [3.05, 3.63) is 59.7 Å². The molecule has 0 aromatic heterocycles.